The highest BCUT2D eigenvalue weighted by Crippen LogP contribution is 2.13. The zero-order valence-corrected chi connectivity index (χ0v) is 16.2. The van der Waals surface area contributed by atoms with Gasteiger partial charge in [0.05, 0.1) is 12.2 Å². The molecule has 0 fully saturated rings. The molecule has 1 rings (SSSR count). The van der Waals surface area contributed by atoms with Gasteiger partial charge < -0.3 is 24.8 Å². The molecule has 0 spiro atoms. The van der Waals surface area contributed by atoms with Gasteiger partial charge in [0.1, 0.15) is 19.4 Å². The van der Waals surface area contributed by atoms with Crippen molar-refractivity contribution in [1.29, 1.82) is 0 Å². The van der Waals surface area contributed by atoms with Crippen LogP contribution in [-0.2, 0) is 25.6 Å². The highest BCUT2D eigenvalue weighted by atomic mass is 16.5. The van der Waals surface area contributed by atoms with Gasteiger partial charge in [0, 0.05) is 13.0 Å². The van der Waals surface area contributed by atoms with Gasteiger partial charge in [0.2, 0.25) is 5.91 Å². The van der Waals surface area contributed by atoms with Gasteiger partial charge in [-0.1, -0.05) is 37.3 Å². The molecular formula is C19H30N2O5. The van der Waals surface area contributed by atoms with Crippen LogP contribution in [0.1, 0.15) is 33.3 Å². The first-order valence-electron chi connectivity index (χ1n) is 8.60. The van der Waals surface area contributed by atoms with Crippen molar-refractivity contribution < 1.29 is 23.8 Å². The zero-order valence-electron chi connectivity index (χ0n) is 16.2. The molecule has 1 aromatic rings. The summed E-state index contributed by atoms with van der Waals surface area (Å²) < 4.78 is 15.8. The Labute approximate surface area is 155 Å². The predicted octanol–water partition coefficient (Wildman–Crippen LogP) is 2.45. The first kappa shape index (κ1) is 21.9. The topological polar surface area (TPSA) is 85.9 Å². The average Bonchev–Trinajstić information content (AvgIpc) is 2.60. The van der Waals surface area contributed by atoms with Crippen LogP contribution in [0.3, 0.4) is 0 Å². The van der Waals surface area contributed by atoms with Crippen LogP contribution in [0, 0.1) is 5.92 Å². The van der Waals surface area contributed by atoms with Crippen LogP contribution in [0.15, 0.2) is 30.3 Å². The van der Waals surface area contributed by atoms with Crippen molar-refractivity contribution in [3.05, 3.63) is 35.9 Å². The van der Waals surface area contributed by atoms with Crippen LogP contribution in [0.4, 0.5) is 4.79 Å². The number of alkyl carbamates (subject to hydrolysis) is 1. The Bertz CT molecular complexity index is 557. The molecule has 1 aromatic carbocycles. The minimum Gasteiger partial charge on any atom is -0.445 e. The van der Waals surface area contributed by atoms with Gasteiger partial charge in [-0.2, -0.15) is 0 Å². The highest BCUT2D eigenvalue weighted by molar-refractivity contribution is 5.85. The van der Waals surface area contributed by atoms with Gasteiger partial charge in [-0.25, -0.2) is 4.79 Å². The molecule has 2 amide bonds. The average molecular weight is 366 g/mol. The van der Waals surface area contributed by atoms with Crippen LogP contribution in [0.25, 0.3) is 0 Å². The van der Waals surface area contributed by atoms with Crippen molar-refractivity contribution in [2.24, 2.45) is 5.92 Å². The van der Waals surface area contributed by atoms with E-state index < -0.39 is 12.1 Å². The lowest BCUT2D eigenvalue weighted by Gasteiger charge is -2.27. The lowest BCUT2D eigenvalue weighted by Crippen LogP contribution is -2.52. The molecule has 2 atom stereocenters. The summed E-state index contributed by atoms with van der Waals surface area (Å²) >= 11 is 0. The maximum atomic E-state index is 12.4. The molecule has 0 aliphatic rings. The van der Waals surface area contributed by atoms with E-state index in [2.05, 4.69) is 10.6 Å². The highest BCUT2D eigenvalue weighted by Gasteiger charge is 2.28. The summed E-state index contributed by atoms with van der Waals surface area (Å²) in [6, 6.07) is 8.53. The Morgan fingerprint density at radius 3 is 2.38 bits per heavy atom. The molecule has 0 aliphatic carbocycles. The van der Waals surface area contributed by atoms with Crippen LogP contribution in [-0.4, -0.2) is 44.1 Å². The number of carbonyl (C=O) groups is 2. The molecule has 0 saturated heterocycles. The molecule has 7 heteroatoms. The monoisotopic (exact) mass is 366 g/mol. The Morgan fingerprint density at radius 2 is 1.81 bits per heavy atom. The van der Waals surface area contributed by atoms with E-state index in [9.17, 15) is 9.59 Å². The number of carbonyl (C=O) groups excluding carboxylic acids is 2. The van der Waals surface area contributed by atoms with Crippen molar-refractivity contribution in [2.45, 2.75) is 45.9 Å². The molecule has 0 aromatic heterocycles. The predicted molar refractivity (Wildman–Crippen MR) is 98.4 cm³/mol. The third-order valence-electron chi connectivity index (χ3n) is 3.51. The van der Waals surface area contributed by atoms with E-state index in [1.807, 2.05) is 58.0 Å². The van der Waals surface area contributed by atoms with Crippen LogP contribution in [0.5, 0.6) is 0 Å². The van der Waals surface area contributed by atoms with Crippen molar-refractivity contribution in [3.8, 4) is 0 Å². The van der Waals surface area contributed by atoms with E-state index in [0.717, 1.165) is 5.56 Å². The van der Waals surface area contributed by atoms with Gasteiger partial charge in [0.15, 0.2) is 0 Å². The number of rotatable bonds is 9. The number of methoxy groups -OCH3 is 1. The molecule has 0 heterocycles. The lowest BCUT2D eigenvalue weighted by atomic mass is 10.0. The Balaban J connectivity index is 2.64. The maximum Gasteiger partial charge on any atom is 0.408 e. The zero-order chi connectivity index (χ0) is 19.6. The summed E-state index contributed by atoms with van der Waals surface area (Å²) in [5.41, 5.74) is 0.530. The summed E-state index contributed by atoms with van der Waals surface area (Å²) in [6.07, 6.45) is -0.658. The molecule has 0 saturated carbocycles. The first-order chi connectivity index (χ1) is 12.2. The summed E-state index contributed by atoms with van der Waals surface area (Å²) in [7, 11) is 1.48. The fourth-order valence-corrected chi connectivity index (χ4v) is 2.09. The molecule has 0 aliphatic heterocycles. The minimum atomic E-state index is -0.796. The normalized spacial score (nSPS) is 13.6. The summed E-state index contributed by atoms with van der Waals surface area (Å²) in [5, 5.41) is 5.23. The number of nitrogens with one attached hydrogen (secondary N) is 2. The third-order valence-corrected chi connectivity index (χ3v) is 3.51. The van der Waals surface area contributed by atoms with E-state index in [0.29, 0.717) is 6.61 Å². The Hall–Kier alpha value is -2.12. The molecule has 0 radical (unpaired) electrons. The number of amides is 2. The van der Waals surface area contributed by atoms with Crippen LogP contribution in [0.2, 0.25) is 0 Å². The lowest BCUT2D eigenvalue weighted by molar-refractivity contribution is -0.127. The number of hydrogen-bond acceptors (Lipinski definition) is 5. The Kier molecular flexibility index (Phi) is 9.09. The van der Waals surface area contributed by atoms with Crippen LogP contribution < -0.4 is 10.6 Å². The van der Waals surface area contributed by atoms with Crippen LogP contribution >= 0.6 is 0 Å². The molecule has 2 unspecified atom stereocenters. The van der Waals surface area contributed by atoms with E-state index in [1.54, 1.807) is 0 Å². The summed E-state index contributed by atoms with van der Waals surface area (Å²) in [5.74, 6) is -0.608. The second kappa shape index (κ2) is 10.8. The van der Waals surface area contributed by atoms with E-state index >= 15 is 0 Å². The van der Waals surface area contributed by atoms with Gasteiger partial charge in [0.25, 0.3) is 0 Å². The number of ether oxygens (including phenoxy) is 3. The molecule has 0 bridgehead atoms. The van der Waals surface area contributed by atoms with E-state index in [4.69, 9.17) is 14.2 Å². The minimum absolute atomic E-state index is 0.0585. The van der Waals surface area contributed by atoms with Crippen molar-refractivity contribution in [1.82, 2.24) is 10.6 Å². The largest absolute Gasteiger partial charge is 0.445 e. The summed E-state index contributed by atoms with van der Waals surface area (Å²) in [4.78, 5) is 24.5. The second-order valence-electron chi connectivity index (χ2n) is 7.06. The van der Waals surface area contributed by atoms with Crippen molar-refractivity contribution in [3.63, 3.8) is 0 Å². The maximum absolute atomic E-state index is 12.4. The Morgan fingerprint density at radius 1 is 1.15 bits per heavy atom. The smallest absolute Gasteiger partial charge is 0.408 e. The second-order valence-corrected chi connectivity index (χ2v) is 7.06. The van der Waals surface area contributed by atoms with Crippen molar-refractivity contribution in [2.75, 3.05) is 20.4 Å². The molecular weight excluding hydrogens is 336 g/mol. The van der Waals surface area contributed by atoms with E-state index in [1.165, 1.54) is 7.11 Å². The van der Waals surface area contributed by atoms with Gasteiger partial charge in [-0.05, 0) is 26.3 Å². The SMILES string of the molecule is COCNC(=O)C(NC(=O)OCc1ccccc1)C(C)COC(C)(C)C. The van der Waals surface area contributed by atoms with E-state index in [-0.39, 0.29) is 30.8 Å². The molecule has 146 valence electrons. The fourth-order valence-electron chi connectivity index (χ4n) is 2.09. The molecule has 2 N–H and O–H groups in total. The number of hydrogen-bond donors (Lipinski definition) is 2. The molecule has 26 heavy (non-hydrogen) atoms. The van der Waals surface area contributed by atoms with Crippen molar-refractivity contribution >= 4 is 12.0 Å². The summed E-state index contributed by atoms with van der Waals surface area (Å²) in [6.45, 7) is 8.13. The fraction of sp³-hybridized carbons (Fsp3) is 0.579. The van der Waals surface area contributed by atoms with Gasteiger partial charge in [-0.15, -0.1) is 0 Å². The van der Waals surface area contributed by atoms with Gasteiger partial charge >= 0.3 is 6.09 Å². The van der Waals surface area contributed by atoms with Gasteiger partial charge in [-0.3, -0.25) is 4.79 Å². The third kappa shape index (κ3) is 8.82. The number of benzene rings is 1. The first-order valence-corrected chi connectivity index (χ1v) is 8.60. The quantitative estimate of drug-likeness (QED) is 0.656. The molecule has 7 nitrogen and oxygen atoms in total. The standard InChI is InChI=1S/C19H30N2O5/c1-14(11-26-19(2,3)4)16(17(22)20-13-24-5)21-18(23)25-12-15-9-7-6-8-10-15/h6-10,14,16H,11-13H2,1-5H3,(H,20,22)(H,21,23).